The van der Waals surface area contributed by atoms with Gasteiger partial charge in [-0.05, 0) is 30.7 Å². The normalized spacial score (nSPS) is 20.7. The van der Waals surface area contributed by atoms with E-state index in [0.29, 0.717) is 17.1 Å². The number of hydrogen-bond acceptors (Lipinski definition) is 3. The first-order chi connectivity index (χ1) is 10.1. The maximum absolute atomic E-state index is 12.3. The summed E-state index contributed by atoms with van der Waals surface area (Å²) in [5.74, 6) is -0.292. The molecule has 1 amide bonds. The number of nitrogens with zero attached hydrogens (tertiary/aromatic N) is 2. The fourth-order valence-electron chi connectivity index (χ4n) is 2.37. The van der Waals surface area contributed by atoms with Crippen molar-refractivity contribution in [3.8, 4) is 5.69 Å². The predicted octanol–water partition coefficient (Wildman–Crippen LogP) is 2.37. The van der Waals surface area contributed by atoms with Crippen LogP contribution in [0, 0.1) is 5.92 Å². The van der Waals surface area contributed by atoms with Crippen molar-refractivity contribution < 1.29 is 4.79 Å². The fraction of sp³-hybridized carbons (Fsp3) is 0.200. The Kier molecular flexibility index (Phi) is 3.77. The van der Waals surface area contributed by atoms with Gasteiger partial charge in [0.2, 0.25) is 5.91 Å². The fourth-order valence-corrected chi connectivity index (χ4v) is 2.54. The van der Waals surface area contributed by atoms with Crippen LogP contribution in [0.3, 0.4) is 0 Å². The lowest BCUT2D eigenvalue weighted by molar-refractivity contribution is -0.118. The van der Waals surface area contributed by atoms with Gasteiger partial charge in [-0.2, -0.15) is 5.10 Å². The Morgan fingerprint density at radius 1 is 1.43 bits per heavy atom. The van der Waals surface area contributed by atoms with E-state index < -0.39 is 0 Å². The molecule has 3 rings (SSSR count). The molecule has 1 aliphatic rings. The van der Waals surface area contributed by atoms with E-state index in [0.717, 1.165) is 5.69 Å². The van der Waals surface area contributed by atoms with Gasteiger partial charge in [0, 0.05) is 23.5 Å². The van der Waals surface area contributed by atoms with Crippen molar-refractivity contribution >= 4 is 23.2 Å². The second kappa shape index (κ2) is 5.71. The number of halogens is 1. The predicted molar refractivity (Wildman–Crippen MR) is 82.4 cm³/mol. The van der Waals surface area contributed by atoms with Crippen LogP contribution in [0.2, 0.25) is 5.02 Å². The summed E-state index contributed by atoms with van der Waals surface area (Å²) in [4.78, 5) is 12.3. The van der Waals surface area contributed by atoms with Gasteiger partial charge in [-0.3, -0.25) is 4.79 Å². The van der Waals surface area contributed by atoms with Crippen LogP contribution in [0.15, 0.2) is 48.8 Å². The van der Waals surface area contributed by atoms with E-state index in [-0.39, 0.29) is 17.9 Å². The Labute approximate surface area is 127 Å². The van der Waals surface area contributed by atoms with Crippen molar-refractivity contribution in [3.63, 3.8) is 0 Å². The molecule has 1 aromatic carbocycles. The smallest absolute Gasteiger partial charge is 0.231 e. The van der Waals surface area contributed by atoms with Crippen molar-refractivity contribution in [2.75, 3.05) is 5.32 Å². The van der Waals surface area contributed by atoms with E-state index in [9.17, 15) is 4.79 Å². The molecule has 3 N–H and O–H groups in total. The minimum atomic E-state index is -0.204. The minimum Gasteiger partial charge on any atom is -0.324 e. The van der Waals surface area contributed by atoms with Crippen molar-refractivity contribution in [1.82, 2.24) is 9.78 Å². The summed E-state index contributed by atoms with van der Waals surface area (Å²) < 4.78 is 1.68. The maximum Gasteiger partial charge on any atom is 0.231 e. The second-order valence-corrected chi connectivity index (χ2v) is 5.43. The van der Waals surface area contributed by atoms with Crippen LogP contribution < -0.4 is 11.1 Å². The number of anilines is 1. The van der Waals surface area contributed by atoms with E-state index in [1.165, 1.54) is 0 Å². The largest absolute Gasteiger partial charge is 0.324 e. The third-order valence-electron chi connectivity index (χ3n) is 3.42. The van der Waals surface area contributed by atoms with Crippen LogP contribution in [-0.4, -0.2) is 21.7 Å². The van der Waals surface area contributed by atoms with Crippen LogP contribution in [0.5, 0.6) is 0 Å². The van der Waals surface area contributed by atoms with Gasteiger partial charge >= 0.3 is 0 Å². The summed E-state index contributed by atoms with van der Waals surface area (Å²) in [5, 5.41) is 7.65. The lowest BCUT2D eigenvalue weighted by atomic mass is 10.1. The van der Waals surface area contributed by atoms with Crippen LogP contribution in [0.1, 0.15) is 6.42 Å². The molecule has 2 unspecified atom stereocenters. The van der Waals surface area contributed by atoms with Crippen LogP contribution >= 0.6 is 11.6 Å². The molecule has 1 aliphatic carbocycles. The Bertz CT molecular complexity index is 681. The van der Waals surface area contributed by atoms with Crippen LogP contribution in [0.4, 0.5) is 5.69 Å². The molecular weight excluding hydrogens is 288 g/mol. The van der Waals surface area contributed by atoms with Gasteiger partial charge in [-0.15, -0.1) is 0 Å². The molecule has 0 fully saturated rings. The average Bonchev–Trinajstić information content (AvgIpc) is 3.10. The van der Waals surface area contributed by atoms with Gasteiger partial charge in [0.1, 0.15) is 0 Å². The quantitative estimate of drug-likeness (QED) is 0.855. The molecule has 0 radical (unpaired) electrons. The monoisotopic (exact) mass is 302 g/mol. The Morgan fingerprint density at radius 2 is 2.29 bits per heavy atom. The lowest BCUT2D eigenvalue weighted by Crippen LogP contribution is -2.24. The van der Waals surface area contributed by atoms with E-state index in [1.807, 2.05) is 30.5 Å². The summed E-state index contributed by atoms with van der Waals surface area (Å²) in [6, 6.07) is 7.07. The van der Waals surface area contributed by atoms with Crippen molar-refractivity contribution in [3.05, 3.63) is 53.8 Å². The molecule has 0 bridgehead atoms. The number of hydrogen-bond donors (Lipinski definition) is 2. The number of aromatic nitrogens is 2. The first kappa shape index (κ1) is 13.9. The molecule has 21 heavy (non-hydrogen) atoms. The molecule has 108 valence electrons. The SMILES string of the molecule is NC1C=CC(C(=O)Nc2cc(Cl)ccc2-n2cccn2)C1. The highest BCUT2D eigenvalue weighted by Crippen LogP contribution is 2.26. The summed E-state index contributed by atoms with van der Waals surface area (Å²) in [7, 11) is 0. The van der Waals surface area contributed by atoms with Crippen molar-refractivity contribution in [2.45, 2.75) is 12.5 Å². The highest BCUT2D eigenvalue weighted by Gasteiger charge is 2.23. The highest BCUT2D eigenvalue weighted by atomic mass is 35.5. The number of amides is 1. The lowest BCUT2D eigenvalue weighted by Gasteiger charge is -2.14. The van der Waals surface area contributed by atoms with Crippen molar-refractivity contribution in [1.29, 1.82) is 0 Å². The van der Waals surface area contributed by atoms with Gasteiger partial charge in [0.05, 0.1) is 17.3 Å². The second-order valence-electron chi connectivity index (χ2n) is 4.99. The molecule has 0 spiro atoms. The number of nitrogens with one attached hydrogen (secondary N) is 1. The van der Waals surface area contributed by atoms with E-state index in [4.69, 9.17) is 17.3 Å². The van der Waals surface area contributed by atoms with Gasteiger partial charge in [-0.25, -0.2) is 4.68 Å². The molecule has 2 atom stereocenters. The first-order valence-electron chi connectivity index (χ1n) is 6.68. The van der Waals surface area contributed by atoms with E-state index >= 15 is 0 Å². The highest BCUT2D eigenvalue weighted by molar-refractivity contribution is 6.31. The van der Waals surface area contributed by atoms with Crippen molar-refractivity contribution in [2.24, 2.45) is 11.7 Å². The molecule has 5 nitrogen and oxygen atoms in total. The molecule has 1 aromatic heterocycles. The molecule has 0 saturated heterocycles. The van der Waals surface area contributed by atoms with Gasteiger partial charge < -0.3 is 11.1 Å². The minimum absolute atomic E-state index is 0.0503. The summed E-state index contributed by atoms with van der Waals surface area (Å²) in [6.45, 7) is 0. The molecule has 0 aliphatic heterocycles. The molecule has 6 heteroatoms. The Balaban J connectivity index is 1.86. The molecular formula is C15H15ClN4O. The van der Waals surface area contributed by atoms with Crippen LogP contribution in [0.25, 0.3) is 5.69 Å². The van der Waals surface area contributed by atoms with Gasteiger partial charge in [0.25, 0.3) is 0 Å². The topological polar surface area (TPSA) is 72.9 Å². The number of rotatable bonds is 3. The summed E-state index contributed by atoms with van der Waals surface area (Å²) >= 11 is 6.03. The zero-order valence-corrected chi connectivity index (χ0v) is 12.0. The Hall–Kier alpha value is -2.11. The van der Waals surface area contributed by atoms with E-state index in [1.54, 1.807) is 23.0 Å². The van der Waals surface area contributed by atoms with Gasteiger partial charge in [-0.1, -0.05) is 23.8 Å². The summed E-state index contributed by atoms with van der Waals surface area (Å²) in [5.41, 5.74) is 7.18. The van der Waals surface area contributed by atoms with E-state index in [2.05, 4.69) is 10.4 Å². The third kappa shape index (κ3) is 2.99. The standard InChI is InChI=1S/C15H15ClN4O/c16-11-3-5-14(20-7-1-6-18-20)13(9-11)19-15(21)10-2-4-12(17)8-10/h1-7,9-10,12H,8,17H2,(H,19,21). The summed E-state index contributed by atoms with van der Waals surface area (Å²) in [6.07, 6.45) is 7.82. The zero-order chi connectivity index (χ0) is 14.8. The van der Waals surface area contributed by atoms with Gasteiger partial charge in [0.15, 0.2) is 0 Å². The van der Waals surface area contributed by atoms with Crippen LogP contribution in [-0.2, 0) is 4.79 Å². The number of nitrogens with two attached hydrogens (primary N) is 1. The number of carbonyl (C=O) groups is 1. The number of carbonyl (C=O) groups excluding carboxylic acids is 1. The molecule has 1 heterocycles. The third-order valence-corrected chi connectivity index (χ3v) is 3.66. The zero-order valence-electron chi connectivity index (χ0n) is 11.2. The maximum atomic E-state index is 12.3. The molecule has 2 aromatic rings. The molecule has 0 saturated carbocycles. The average molecular weight is 303 g/mol. The Morgan fingerprint density at radius 3 is 2.95 bits per heavy atom. The number of benzene rings is 1. The first-order valence-corrected chi connectivity index (χ1v) is 7.05.